The van der Waals surface area contributed by atoms with Crippen LogP contribution in [0.25, 0.3) is 0 Å². The normalized spacial score (nSPS) is 21.6. The number of anilines is 1. The Labute approximate surface area is 162 Å². The highest BCUT2D eigenvalue weighted by molar-refractivity contribution is 9.11. The van der Waals surface area contributed by atoms with E-state index in [1.807, 2.05) is 26.0 Å². The van der Waals surface area contributed by atoms with Gasteiger partial charge in [0.1, 0.15) is 17.6 Å². The standard InChI is InChI=1S/C18H17Br2N3O2/c1-18(2)5-3-12-14(17(18)25)15(23-13(22-12)4-6-21-23)10-7-9(19)8-11(20)16(10)24/h4,6-8,15,22,24H,3,5H2,1-2H3. The molecule has 4 rings (SSSR count). The summed E-state index contributed by atoms with van der Waals surface area (Å²) in [6.07, 6.45) is 3.30. The van der Waals surface area contributed by atoms with E-state index in [1.165, 1.54) is 0 Å². The molecule has 130 valence electrons. The van der Waals surface area contributed by atoms with Crippen molar-refractivity contribution in [2.45, 2.75) is 32.7 Å². The van der Waals surface area contributed by atoms with Crippen molar-refractivity contribution in [3.05, 3.63) is 50.2 Å². The van der Waals surface area contributed by atoms with Crippen LogP contribution in [0.3, 0.4) is 0 Å². The summed E-state index contributed by atoms with van der Waals surface area (Å²) in [6.45, 7) is 3.96. The van der Waals surface area contributed by atoms with Gasteiger partial charge in [-0.15, -0.1) is 0 Å². The van der Waals surface area contributed by atoms with Gasteiger partial charge in [-0.05, 0) is 40.9 Å². The number of benzene rings is 1. The lowest BCUT2D eigenvalue weighted by molar-refractivity contribution is -0.124. The summed E-state index contributed by atoms with van der Waals surface area (Å²) in [4.78, 5) is 13.2. The Morgan fingerprint density at radius 3 is 2.88 bits per heavy atom. The van der Waals surface area contributed by atoms with Crippen molar-refractivity contribution in [2.24, 2.45) is 5.41 Å². The van der Waals surface area contributed by atoms with Crippen molar-refractivity contribution < 1.29 is 9.90 Å². The number of halogens is 2. The summed E-state index contributed by atoms with van der Waals surface area (Å²) in [7, 11) is 0. The average molecular weight is 467 g/mol. The molecular weight excluding hydrogens is 450 g/mol. The number of hydrogen-bond acceptors (Lipinski definition) is 4. The summed E-state index contributed by atoms with van der Waals surface area (Å²) in [5, 5.41) is 18.4. The fourth-order valence-corrected chi connectivity index (χ4v) is 4.84. The first-order valence-corrected chi connectivity index (χ1v) is 9.64. The SMILES string of the molecule is CC1(C)CCC2=C(C1=O)C(c1cc(Br)cc(Br)c1O)n1nccc1N2. The quantitative estimate of drug-likeness (QED) is 0.635. The van der Waals surface area contributed by atoms with Crippen molar-refractivity contribution in [2.75, 3.05) is 5.32 Å². The van der Waals surface area contributed by atoms with Crippen molar-refractivity contribution in [1.29, 1.82) is 0 Å². The highest BCUT2D eigenvalue weighted by atomic mass is 79.9. The molecule has 0 bridgehead atoms. The Balaban J connectivity index is 1.99. The smallest absolute Gasteiger partial charge is 0.168 e. The van der Waals surface area contributed by atoms with Crippen LogP contribution >= 0.6 is 31.9 Å². The molecule has 7 heteroatoms. The predicted octanol–water partition coefficient (Wildman–Crippen LogP) is 4.77. The minimum atomic E-state index is -0.456. The summed E-state index contributed by atoms with van der Waals surface area (Å²) in [5.74, 6) is 1.05. The number of allylic oxidation sites excluding steroid dienone is 2. The number of nitrogens with zero attached hydrogens (tertiary/aromatic N) is 2. The van der Waals surface area contributed by atoms with Gasteiger partial charge in [0, 0.05) is 32.8 Å². The molecule has 1 aromatic carbocycles. The first-order valence-electron chi connectivity index (χ1n) is 8.06. The maximum Gasteiger partial charge on any atom is 0.168 e. The van der Waals surface area contributed by atoms with E-state index in [0.29, 0.717) is 15.6 Å². The van der Waals surface area contributed by atoms with Crippen molar-refractivity contribution in [1.82, 2.24) is 9.78 Å². The molecular formula is C18H17Br2N3O2. The van der Waals surface area contributed by atoms with E-state index in [9.17, 15) is 9.90 Å². The van der Waals surface area contributed by atoms with Crippen LogP contribution in [0.15, 0.2) is 44.6 Å². The van der Waals surface area contributed by atoms with Crippen LogP contribution in [0.1, 0.15) is 38.3 Å². The molecule has 0 saturated heterocycles. The first kappa shape index (κ1) is 16.8. The number of fused-ring (bicyclic) bond motifs is 1. The number of ketones is 1. The molecule has 1 aromatic heterocycles. The van der Waals surface area contributed by atoms with Gasteiger partial charge in [0.05, 0.1) is 10.7 Å². The number of phenols is 1. The molecule has 2 heterocycles. The molecule has 1 aliphatic heterocycles. The molecule has 2 aliphatic rings. The highest BCUT2D eigenvalue weighted by Gasteiger charge is 2.44. The van der Waals surface area contributed by atoms with Gasteiger partial charge in [0.2, 0.25) is 0 Å². The number of aromatic hydroxyl groups is 1. The van der Waals surface area contributed by atoms with Crippen molar-refractivity contribution in [3.8, 4) is 5.75 Å². The molecule has 0 saturated carbocycles. The third-order valence-electron chi connectivity index (χ3n) is 5.00. The molecule has 2 aromatic rings. The van der Waals surface area contributed by atoms with Crippen LogP contribution in [0.4, 0.5) is 5.82 Å². The number of aromatic nitrogens is 2. The van der Waals surface area contributed by atoms with Crippen LogP contribution in [0.2, 0.25) is 0 Å². The average Bonchev–Trinajstić information content (AvgIpc) is 3.01. The third kappa shape index (κ3) is 2.56. The number of nitrogens with one attached hydrogen (secondary N) is 1. The Kier molecular flexibility index (Phi) is 3.85. The van der Waals surface area contributed by atoms with Crippen LogP contribution in [-0.4, -0.2) is 20.7 Å². The second kappa shape index (κ2) is 5.71. The molecule has 1 atom stereocenters. The monoisotopic (exact) mass is 465 g/mol. The molecule has 5 nitrogen and oxygen atoms in total. The van der Waals surface area contributed by atoms with Crippen LogP contribution in [0.5, 0.6) is 5.75 Å². The van der Waals surface area contributed by atoms with Gasteiger partial charge >= 0.3 is 0 Å². The van der Waals surface area contributed by atoms with Crippen LogP contribution < -0.4 is 5.32 Å². The third-order valence-corrected chi connectivity index (χ3v) is 6.07. The lowest BCUT2D eigenvalue weighted by Crippen LogP contribution is -2.39. The molecule has 2 N–H and O–H groups in total. The molecule has 25 heavy (non-hydrogen) atoms. The molecule has 0 fully saturated rings. The van der Waals surface area contributed by atoms with E-state index >= 15 is 0 Å². The van der Waals surface area contributed by atoms with Gasteiger partial charge in [-0.25, -0.2) is 4.68 Å². The second-order valence-corrected chi connectivity index (χ2v) is 8.89. The maximum absolute atomic E-state index is 13.2. The summed E-state index contributed by atoms with van der Waals surface area (Å²) in [5.41, 5.74) is 1.83. The highest BCUT2D eigenvalue weighted by Crippen LogP contribution is 2.48. The van der Waals surface area contributed by atoms with E-state index in [1.54, 1.807) is 16.9 Å². The Morgan fingerprint density at radius 1 is 1.36 bits per heavy atom. The van der Waals surface area contributed by atoms with Crippen LogP contribution in [-0.2, 0) is 4.79 Å². The zero-order valence-electron chi connectivity index (χ0n) is 13.8. The second-order valence-electron chi connectivity index (χ2n) is 7.12. The van der Waals surface area contributed by atoms with E-state index in [2.05, 4.69) is 42.3 Å². The number of carbonyl (C=O) groups excluding carboxylic acids is 1. The zero-order chi connectivity index (χ0) is 17.9. The Bertz CT molecular complexity index is 930. The summed E-state index contributed by atoms with van der Waals surface area (Å²) < 4.78 is 3.17. The van der Waals surface area contributed by atoms with Crippen molar-refractivity contribution >= 4 is 43.5 Å². The van der Waals surface area contributed by atoms with Gasteiger partial charge < -0.3 is 10.4 Å². The van der Waals surface area contributed by atoms with E-state index in [4.69, 9.17) is 0 Å². The van der Waals surface area contributed by atoms with Gasteiger partial charge in [-0.2, -0.15) is 5.10 Å². The van der Waals surface area contributed by atoms with E-state index in [0.717, 1.165) is 28.8 Å². The van der Waals surface area contributed by atoms with Crippen LogP contribution in [0, 0.1) is 5.41 Å². The zero-order valence-corrected chi connectivity index (χ0v) is 17.0. The summed E-state index contributed by atoms with van der Waals surface area (Å²) >= 11 is 6.88. The number of phenolic OH excluding ortho intramolecular Hbond substituents is 1. The van der Waals surface area contributed by atoms with Gasteiger partial charge in [-0.1, -0.05) is 29.8 Å². The molecule has 0 amide bonds. The number of Topliss-reactive ketones (excluding diaryl/α,β-unsaturated/α-hetero) is 1. The minimum absolute atomic E-state index is 0.0999. The van der Waals surface area contributed by atoms with Crippen molar-refractivity contribution in [3.63, 3.8) is 0 Å². The Hall–Kier alpha value is -1.60. The number of hydrogen-bond donors (Lipinski definition) is 2. The fraction of sp³-hybridized carbons (Fsp3) is 0.333. The summed E-state index contributed by atoms with van der Waals surface area (Å²) in [6, 6.07) is 5.06. The maximum atomic E-state index is 13.2. The van der Waals surface area contributed by atoms with Gasteiger partial charge in [0.15, 0.2) is 5.78 Å². The van der Waals surface area contributed by atoms with Gasteiger partial charge in [-0.3, -0.25) is 4.79 Å². The first-order chi connectivity index (χ1) is 11.8. The lowest BCUT2D eigenvalue weighted by Gasteiger charge is -2.39. The van der Waals surface area contributed by atoms with Gasteiger partial charge in [0.25, 0.3) is 0 Å². The largest absolute Gasteiger partial charge is 0.506 e. The minimum Gasteiger partial charge on any atom is -0.506 e. The molecule has 0 spiro atoms. The molecule has 1 unspecified atom stereocenters. The molecule has 0 radical (unpaired) electrons. The van der Waals surface area contributed by atoms with E-state index in [-0.39, 0.29) is 11.5 Å². The number of rotatable bonds is 1. The van der Waals surface area contributed by atoms with E-state index < -0.39 is 11.5 Å². The molecule has 1 aliphatic carbocycles. The topological polar surface area (TPSA) is 67.1 Å². The Morgan fingerprint density at radius 2 is 2.12 bits per heavy atom. The lowest BCUT2D eigenvalue weighted by atomic mass is 9.71. The number of carbonyl (C=O) groups is 1. The predicted molar refractivity (Wildman–Crippen MR) is 103 cm³/mol. The fourth-order valence-electron chi connectivity index (χ4n) is 3.58.